The third-order valence-corrected chi connectivity index (χ3v) is 6.50. The zero-order valence-corrected chi connectivity index (χ0v) is 21.4. The molecule has 210 valence electrons. The van der Waals surface area contributed by atoms with E-state index in [1.807, 2.05) is 25.3 Å². The molecule has 2 fully saturated rings. The highest BCUT2D eigenvalue weighted by atomic mass is 19.4. The fourth-order valence-electron chi connectivity index (χ4n) is 4.36. The standard InChI is InChI=1S/C23H28N6O3.C2HF3O2/c1-15(17-12-22(30)25-13-17)32-23-20-5-6-26-29(20)14-18(27-23)16-3-4-19(21(11-16)31-2)28-9-7-24-8-10-28;3-2(4,5)1(6)7/h3-6,11,14-15,17,24H,7-10,12-13H2,1-2H3,(H,25,30);(H,6,7)/t15-,17?;/m1./s1. The Bertz CT molecular complexity index is 1330. The molecular formula is C25H29F3N6O5. The number of aliphatic carboxylic acids is 1. The number of alkyl halides is 3. The van der Waals surface area contributed by atoms with Crippen LogP contribution in [0.15, 0.2) is 36.7 Å². The first-order chi connectivity index (χ1) is 18.6. The van der Waals surface area contributed by atoms with Crippen LogP contribution in [0.25, 0.3) is 16.8 Å². The molecule has 2 atom stereocenters. The zero-order valence-electron chi connectivity index (χ0n) is 21.4. The normalized spacial score (nSPS) is 18.2. The number of amides is 1. The minimum atomic E-state index is -5.08. The molecule has 0 aliphatic carbocycles. The van der Waals surface area contributed by atoms with E-state index < -0.39 is 12.1 Å². The molecule has 11 nitrogen and oxygen atoms in total. The second-order valence-electron chi connectivity index (χ2n) is 9.11. The molecule has 2 aliphatic heterocycles. The van der Waals surface area contributed by atoms with Gasteiger partial charge in [0.2, 0.25) is 11.8 Å². The molecule has 39 heavy (non-hydrogen) atoms. The Hall–Kier alpha value is -4.07. The number of hydrogen-bond donors (Lipinski definition) is 3. The molecule has 0 saturated carbocycles. The maximum Gasteiger partial charge on any atom is 0.490 e. The number of carbonyl (C=O) groups excluding carboxylic acids is 1. The SMILES string of the molecule is COc1cc(-c2cn3nccc3c(O[C@H](C)C3CNC(=O)C3)n2)ccc1N1CCNCC1.O=C(O)C(F)(F)F. The van der Waals surface area contributed by atoms with Crippen LogP contribution in [0.3, 0.4) is 0 Å². The molecule has 14 heteroatoms. The van der Waals surface area contributed by atoms with Crippen molar-refractivity contribution in [2.75, 3.05) is 44.7 Å². The number of rotatable bonds is 6. The number of benzene rings is 1. The van der Waals surface area contributed by atoms with Crippen LogP contribution in [0.4, 0.5) is 18.9 Å². The highest BCUT2D eigenvalue weighted by Crippen LogP contribution is 2.34. The van der Waals surface area contributed by atoms with Gasteiger partial charge in [-0.2, -0.15) is 18.3 Å². The van der Waals surface area contributed by atoms with Gasteiger partial charge in [-0.15, -0.1) is 0 Å². The van der Waals surface area contributed by atoms with Crippen LogP contribution in [0.2, 0.25) is 0 Å². The van der Waals surface area contributed by atoms with E-state index in [2.05, 4.69) is 32.8 Å². The number of carbonyl (C=O) groups is 2. The van der Waals surface area contributed by atoms with Gasteiger partial charge in [0.1, 0.15) is 17.4 Å². The molecular weight excluding hydrogens is 521 g/mol. The minimum Gasteiger partial charge on any atom is -0.495 e. The summed E-state index contributed by atoms with van der Waals surface area (Å²) >= 11 is 0. The van der Waals surface area contributed by atoms with Crippen molar-refractivity contribution in [2.24, 2.45) is 5.92 Å². The summed E-state index contributed by atoms with van der Waals surface area (Å²) in [6.45, 7) is 6.42. The van der Waals surface area contributed by atoms with Crippen molar-refractivity contribution in [1.29, 1.82) is 0 Å². The Morgan fingerprint density at radius 3 is 2.56 bits per heavy atom. The average Bonchev–Trinajstić information content (AvgIpc) is 3.58. The van der Waals surface area contributed by atoms with Gasteiger partial charge >= 0.3 is 12.1 Å². The van der Waals surface area contributed by atoms with E-state index in [0.717, 1.165) is 54.4 Å². The number of aromatic nitrogens is 3. The lowest BCUT2D eigenvalue weighted by Gasteiger charge is -2.30. The average molecular weight is 551 g/mol. The van der Waals surface area contributed by atoms with Crippen molar-refractivity contribution < 1.29 is 37.3 Å². The molecule has 0 radical (unpaired) electrons. The number of ether oxygens (including phenoxy) is 2. The van der Waals surface area contributed by atoms with Crippen molar-refractivity contribution in [2.45, 2.75) is 25.6 Å². The van der Waals surface area contributed by atoms with Gasteiger partial charge in [-0.3, -0.25) is 4.79 Å². The number of carboxylic acid groups (broad SMARTS) is 1. The Morgan fingerprint density at radius 2 is 1.95 bits per heavy atom. The predicted molar refractivity (Wildman–Crippen MR) is 135 cm³/mol. The lowest BCUT2D eigenvalue weighted by Crippen LogP contribution is -2.43. The number of halogens is 3. The summed E-state index contributed by atoms with van der Waals surface area (Å²) in [6.07, 6.45) is -1.14. The van der Waals surface area contributed by atoms with E-state index in [1.54, 1.807) is 17.8 Å². The third-order valence-electron chi connectivity index (χ3n) is 6.50. The van der Waals surface area contributed by atoms with Gasteiger partial charge in [0.05, 0.1) is 30.9 Å². The number of nitrogens with one attached hydrogen (secondary N) is 2. The summed E-state index contributed by atoms with van der Waals surface area (Å²) < 4.78 is 45.5. The van der Waals surface area contributed by atoms with Crippen LogP contribution in [-0.4, -0.2) is 83.7 Å². The Morgan fingerprint density at radius 1 is 1.23 bits per heavy atom. The molecule has 4 heterocycles. The van der Waals surface area contributed by atoms with Crippen LogP contribution in [0.1, 0.15) is 13.3 Å². The molecule has 1 amide bonds. The number of carboxylic acids is 1. The fraction of sp³-hybridized carbons (Fsp3) is 0.440. The van der Waals surface area contributed by atoms with Crippen LogP contribution in [-0.2, 0) is 9.59 Å². The van der Waals surface area contributed by atoms with Gasteiger partial charge in [-0.05, 0) is 25.1 Å². The van der Waals surface area contributed by atoms with Crippen molar-refractivity contribution in [3.05, 3.63) is 36.7 Å². The topological polar surface area (TPSA) is 130 Å². The van der Waals surface area contributed by atoms with E-state index >= 15 is 0 Å². The maximum absolute atomic E-state index is 11.6. The zero-order chi connectivity index (χ0) is 28.2. The van der Waals surface area contributed by atoms with Gasteiger partial charge in [-0.25, -0.2) is 14.3 Å². The van der Waals surface area contributed by atoms with Crippen molar-refractivity contribution in [3.63, 3.8) is 0 Å². The van der Waals surface area contributed by atoms with E-state index in [9.17, 15) is 18.0 Å². The van der Waals surface area contributed by atoms with Crippen LogP contribution in [0.5, 0.6) is 11.6 Å². The number of hydrogen-bond acceptors (Lipinski definition) is 8. The summed E-state index contributed by atoms with van der Waals surface area (Å²) in [4.78, 5) is 27.7. The van der Waals surface area contributed by atoms with Crippen molar-refractivity contribution >= 4 is 23.1 Å². The van der Waals surface area contributed by atoms with Gasteiger partial charge < -0.3 is 30.1 Å². The summed E-state index contributed by atoms with van der Waals surface area (Å²) in [6, 6.07) is 8.05. The minimum absolute atomic E-state index is 0.0679. The van der Waals surface area contributed by atoms with Crippen LogP contribution >= 0.6 is 0 Å². The highest BCUT2D eigenvalue weighted by Gasteiger charge is 2.38. The number of methoxy groups -OCH3 is 1. The highest BCUT2D eigenvalue weighted by molar-refractivity contribution is 5.78. The van der Waals surface area contributed by atoms with E-state index in [0.29, 0.717) is 18.8 Å². The van der Waals surface area contributed by atoms with Gasteiger partial charge in [-0.1, -0.05) is 6.07 Å². The first kappa shape index (κ1) is 28.0. The predicted octanol–water partition coefficient (Wildman–Crippen LogP) is 2.35. The maximum atomic E-state index is 11.6. The van der Waals surface area contributed by atoms with E-state index in [1.165, 1.54) is 0 Å². The third kappa shape index (κ3) is 6.69. The summed E-state index contributed by atoms with van der Waals surface area (Å²) in [5.74, 6) is -1.24. The lowest BCUT2D eigenvalue weighted by molar-refractivity contribution is -0.192. The van der Waals surface area contributed by atoms with Crippen LogP contribution < -0.4 is 25.0 Å². The molecule has 0 bridgehead atoms. The van der Waals surface area contributed by atoms with Crippen molar-refractivity contribution in [3.8, 4) is 22.9 Å². The smallest absolute Gasteiger partial charge is 0.490 e. The summed E-state index contributed by atoms with van der Waals surface area (Å²) in [5.41, 5.74) is 3.55. The summed E-state index contributed by atoms with van der Waals surface area (Å²) in [5, 5.41) is 17.8. The second-order valence-corrected chi connectivity index (χ2v) is 9.11. The van der Waals surface area contributed by atoms with Crippen LogP contribution in [0, 0.1) is 5.92 Å². The second kappa shape index (κ2) is 11.8. The van der Waals surface area contributed by atoms with Gasteiger partial charge in [0.25, 0.3) is 0 Å². The molecule has 2 saturated heterocycles. The number of anilines is 1. The number of piperazine rings is 1. The lowest BCUT2D eigenvalue weighted by atomic mass is 10.0. The number of nitrogens with zero attached hydrogens (tertiary/aromatic N) is 4. The molecule has 5 rings (SSSR count). The Balaban J connectivity index is 0.000000448. The van der Waals surface area contributed by atoms with E-state index in [-0.39, 0.29) is 17.9 Å². The molecule has 1 aromatic carbocycles. The molecule has 1 unspecified atom stereocenters. The molecule has 3 N–H and O–H groups in total. The van der Waals surface area contributed by atoms with Crippen molar-refractivity contribution in [1.82, 2.24) is 25.2 Å². The first-order valence-corrected chi connectivity index (χ1v) is 12.3. The first-order valence-electron chi connectivity index (χ1n) is 12.3. The largest absolute Gasteiger partial charge is 0.495 e. The number of fused-ring (bicyclic) bond motifs is 1. The molecule has 0 spiro atoms. The van der Waals surface area contributed by atoms with E-state index in [4.69, 9.17) is 24.4 Å². The Kier molecular flexibility index (Phi) is 8.43. The fourth-order valence-corrected chi connectivity index (χ4v) is 4.36. The van der Waals surface area contributed by atoms with Gasteiger partial charge in [0.15, 0.2) is 0 Å². The molecule has 3 aromatic rings. The quantitative estimate of drug-likeness (QED) is 0.423. The summed E-state index contributed by atoms with van der Waals surface area (Å²) in [7, 11) is 1.70. The monoisotopic (exact) mass is 550 g/mol. The molecule has 2 aliphatic rings. The van der Waals surface area contributed by atoms with Gasteiger partial charge in [0, 0.05) is 50.6 Å². The molecule has 2 aromatic heterocycles. The Labute approximate surface area is 221 Å².